The van der Waals surface area contributed by atoms with E-state index in [1.54, 1.807) is 30.3 Å². The first-order chi connectivity index (χ1) is 17.5. The second-order valence-electron chi connectivity index (χ2n) is 8.34. The minimum atomic E-state index is -2.19. The van der Waals surface area contributed by atoms with Crippen LogP contribution in [0, 0.1) is 10.4 Å². The van der Waals surface area contributed by atoms with Crippen LogP contribution in [-0.2, 0) is 20.7 Å². The van der Waals surface area contributed by atoms with E-state index in [-0.39, 0.29) is 42.4 Å². The van der Waals surface area contributed by atoms with E-state index in [1.165, 1.54) is 13.2 Å². The molecule has 2 atom stereocenters. The van der Waals surface area contributed by atoms with Gasteiger partial charge in [-0.15, -0.1) is 0 Å². The Morgan fingerprint density at radius 1 is 1.30 bits per heavy atom. The third-order valence-electron chi connectivity index (χ3n) is 5.66. The van der Waals surface area contributed by atoms with Gasteiger partial charge in [-0.1, -0.05) is 34.1 Å². The monoisotopic (exact) mass is 596 g/mol. The van der Waals surface area contributed by atoms with Gasteiger partial charge in [0.25, 0.3) is 0 Å². The summed E-state index contributed by atoms with van der Waals surface area (Å²) in [6.07, 6.45) is 1.31. The number of quaternary nitrogens is 1. The van der Waals surface area contributed by atoms with Crippen molar-refractivity contribution in [3.05, 3.63) is 68.0 Å². The molecule has 1 aliphatic rings. The van der Waals surface area contributed by atoms with E-state index in [1.807, 2.05) is 0 Å². The van der Waals surface area contributed by atoms with Gasteiger partial charge in [0.1, 0.15) is 17.1 Å². The quantitative estimate of drug-likeness (QED) is 0.115. The standard InChI is InChI=1S/C24H27BrN3O8S/c1-35-24(32)22-18(29)5-4-6-19(22)36-10-3-2-9-27-23(31)17(26)12-14-7-8-15(16(25)11-14)20-13-21(30)28(33,34)37-20/h4-8,11,17,20,29H,2-3,9-10,12-13,26H2,1H3,(H,27,31)/q-1/t17-,20?/m0/s1. The number of nitrogens with two attached hydrogens (primary N) is 1. The highest BCUT2D eigenvalue weighted by atomic mass is 79.9. The Bertz CT molecular complexity index is 1160. The number of amides is 2. The summed E-state index contributed by atoms with van der Waals surface area (Å²) in [7, 11) is 1.21. The number of aromatic hydroxyl groups is 1. The number of halogens is 1. The van der Waals surface area contributed by atoms with Gasteiger partial charge >= 0.3 is 11.9 Å². The molecule has 1 fully saturated rings. The number of carbonyl (C=O) groups excluding carboxylic acids is 3. The van der Waals surface area contributed by atoms with E-state index in [4.69, 9.17) is 10.5 Å². The van der Waals surface area contributed by atoms with Gasteiger partial charge in [-0.2, -0.15) is 0 Å². The topological polar surface area (TPSA) is 174 Å². The molecule has 1 saturated heterocycles. The number of hydrogen-bond donors (Lipinski definition) is 3. The van der Waals surface area contributed by atoms with Crippen molar-refractivity contribution in [2.75, 3.05) is 20.3 Å². The van der Waals surface area contributed by atoms with E-state index in [2.05, 4.69) is 26.0 Å². The van der Waals surface area contributed by atoms with Gasteiger partial charge in [-0.05, 0) is 48.6 Å². The number of hydroxylamine groups is 2. The number of hydrogen-bond acceptors (Lipinski definition) is 10. The van der Waals surface area contributed by atoms with Crippen LogP contribution in [0.15, 0.2) is 40.9 Å². The number of phenols is 1. The number of unbranched alkanes of at least 4 members (excludes halogenated alkanes) is 1. The van der Waals surface area contributed by atoms with Crippen LogP contribution in [-0.4, -0.2) is 53.4 Å². The molecule has 0 aromatic heterocycles. The summed E-state index contributed by atoms with van der Waals surface area (Å²) in [4.78, 5) is 35.8. The Hall–Kier alpha value is -2.68. The number of phenolic OH excluding ortho intramolecular Hbond substituents is 1. The van der Waals surface area contributed by atoms with E-state index < -0.39 is 27.4 Å². The molecule has 11 nitrogen and oxygen atoms in total. The van der Waals surface area contributed by atoms with Gasteiger partial charge in [0.05, 0.1) is 43.4 Å². The van der Waals surface area contributed by atoms with Crippen LogP contribution < -0.4 is 15.8 Å². The zero-order valence-corrected chi connectivity index (χ0v) is 22.4. The fraction of sp³-hybridized carbons (Fsp3) is 0.375. The predicted molar refractivity (Wildman–Crippen MR) is 140 cm³/mol. The van der Waals surface area contributed by atoms with Crippen molar-refractivity contribution < 1.29 is 33.2 Å². The average Bonchev–Trinajstić information content (AvgIpc) is 3.12. The Kier molecular flexibility index (Phi) is 9.93. The second-order valence-corrected chi connectivity index (χ2v) is 10.5. The van der Waals surface area contributed by atoms with Crippen LogP contribution in [0.3, 0.4) is 0 Å². The molecule has 1 aliphatic heterocycles. The van der Waals surface area contributed by atoms with Crippen molar-refractivity contribution in [3.8, 4) is 11.5 Å². The maximum atomic E-state index is 12.4. The molecule has 1 heterocycles. The molecule has 2 aromatic rings. The van der Waals surface area contributed by atoms with Crippen molar-refractivity contribution >= 4 is 45.7 Å². The number of rotatable bonds is 11. The van der Waals surface area contributed by atoms with Crippen LogP contribution >= 0.6 is 27.9 Å². The molecule has 1 unspecified atom stereocenters. The van der Waals surface area contributed by atoms with Crippen molar-refractivity contribution in [3.63, 3.8) is 0 Å². The summed E-state index contributed by atoms with van der Waals surface area (Å²) in [5, 5.41) is 35.3. The minimum absolute atomic E-state index is 0.0393. The van der Waals surface area contributed by atoms with Crippen LogP contribution in [0.1, 0.15) is 46.0 Å². The van der Waals surface area contributed by atoms with Gasteiger partial charge in [-0.3, -0.25) is 9.01 Å². The summed E-state index contributed by atoms with van der Waals surface area (Å²) in [5.41, 5.74) is 7.45. The lowest BCUT2D eigenvalue weighted by molar-refractivity contribution is -0.593. The van der Waals surface area contributed by atoms with Gasteiger partial charge in [-0.25, -0.2) is 9.59 Å². The molecule has 4 N–H and O–H groups in total. The van der Waals surface area contributed by atoms with Crippen LogP contribution in [0.5, 0.6) is 11.5 Å². The van der Waals surface area contributed by atoms with Gasteiger partial charge in [0, 0.05) is 11.0 Å². The first-order valence-corrected chi connectivity index (χ1v) is 13.0. The summed E-state index contributed by atoms with van der Waals surface area (Å²) in [6, 6.07) is 8.93. The summed E-state index contributed by atoms with van der Waals surface area (Å²) >= 11 is 3.92. The molecule has 0 bridgehead atoms. The molecule has 200 valence electrons. The summed E-state index contributed by atoms with van der Waals surface area (Å²) in [5.74, 6) is -1.95. The fourth-order valence-corrected chi connectivity index (χ4v) is 5.62. The third kappa shape index (κ3) is 7.43. The molecule has 13 heteroatoms. The molecule has 0 aliphatic carbocycles. The van der Waals surface area contributed by atoms with E-state index in [9.17, 15) is 29.9 Å². The number of methoxy groups -OCH3 is 1. The Labute approximate surface area is 226 Å². The number of benzene rings is 2. The molecule has 3 rings (SSSR count). The second kappa shape index (κ2) is 12.7. The fourth-order valence-electron chi connectivity index (χ4n) is 3.70. The highest BCUT2D eigenvalue weighted by Crippen LogP contribution is 2.48. The molecular weight excluding hydrogens is 570 g/mol. The molecular formula is C24H27BrN3O8S-. The van der Waals surface area contributed by atoms with Crippen LogP contribution in [0.25, 0.3) is 0 Å². The maximum absolute atomic E-state index is 12.4. The lowest BCUT2D eigenvalue weighted by Gasteiger charge is -2.36. The number of carbonyl (C=O) groups is 3. The Balaban J connectivity index is 1.41. The number of nitrogens with one attached hydrogen (secondary N) is 1. The molecule has 0 saturated carbocycles. The van der Waals surface area contributed by atoms with Gasteiger partial charge < -0.3 is 36.0 Å². The summed E-state index contributed by atoms with van der Waals surface area (Å²) < 4.78 is 8.69. The predicted octanol–water partition coefficient (Wildman–Crippen LogP) is 3.22. The minimum Gasteiger partial charge on any atom is -0.612 e. The van der Waals surface area contributed by atoms with Crippen LogP contribution in [0.4, 0.5) is 0 Å². The van der Waals surface area contributed by atoms with Gasteiger partial charge in [0.15, 0.2) is 0 Å². The third-order valence-corrected chi connectivity index (χ3v) is 7.50. The molecule has 0 radical (unpaired) electrons. The molecule has 37 heavy (non-hydrogen) atoms. The maximum Gasteiger partial charge on any atom is 0.345 e. The van der Waals surface area contributed by atoms with Crippen molar-refractivity contribution in [1.82, 2.24) is 5.32 Å². The normalized spacial score (nSPS) is 17.3. The summed E-state index contributed by atoms with van der Waals surface area (Å²) in [6.45, 7) is 0.638. The number of nitrogens with zero attached hydrogens (tertiary/aromatic N) is 1. The lowest BCUT2D eigenvalue weighted by atomic mass is 10.0. The number of ether oxygens (including phenoxy) is 2. The van der Waals surface area contributed by atoms with Crippen LogP contribution in [0.2, 0.25) is 0 Å². The molecule has 2 aromatic carbocycles. The average molecular weight is 597 g/mol. The van der Waals surface area contributed by atoms with E-state index in [0.29, 0.717) is 41.4 Å². The first kappa shape index (κ1) is 28.9. The molecule has 2 amide bonds. The SMILES string of the molecule is COC(=O)c1c(O)cccc1OCCCCNC(=O)[C@@H](N)Cc1ccc(C2CC(=O)[N+]([O-])([O-])S2)c(Br)c1. The van der Waals surface area contributed by atoms with E-state index in [0.717, 1.165) is 5.56 Å². The van der Waals surface area contributed by atoms with E-state index >= 15 is 0 Å². The number of esters is 1. The largest absolute Gasteiger partial charge is 0.612 e. The highest BCUT2D eigenvalue weighted by molar-refractivity contribution is 9.10. The highest BCUT2D eigenvalue weighted by Gasteiger charge is 2.39. The van der Waals surface area contributed by atoms with Crippen molar-refractivity contribution in [2.45, 2.75) is 37.0 Å². The van der Waals surface area contributed by atoms with Crippen molar-refractivity contribution in [1.29, 1.82) is 0 Å². The smallest absolute Gasteiger partial charge is 0.345 e. The Morgan fingerprint density at radius 2 is 2.05 bits per heavy atom. The molecule has 0 spiro atoms. The van der Waals surface area contributed by atoms with Gasteiger partial charge in [0.2, 0.25) is 5.91 Å². The lowest BCUT2D eigenvalue weighted by Crippen LogP contribution is -2.42. The first-order valence-electron chi connectivity index (χ1n) is 11.4. The zero-order chi connectivity index (χ0) is 27.2. The Morgan fingerprint density at radius 3 is 2.70 bits per heavy atom. The van der Waals surface area contributed by atoms with Crippen molar-refractivity contribution in [2.24, 2.45) is 5.73 Å². The zero-order valence-electron chi connectivity index (χ0n) is 20.0.